The third kappa shape index (κ3) is 6.69. The van der Waals surface area contributed by atoms with Crippen LogP contribution in [0, 0.1) is 0 Å². The molecule has 0 saturated heterocycles. The summed E-state index contributed by atoms with van der Waals surface area (Å²) in [5.41, 5.74) is 5.04. The number of carbonyl (C=O) groups is 2. The Labute approximate surface area is 221 Å². The summed E-state index contributed by atoms with van der Waals surface area (Å²) in [5.74, 6) is 0.0610. The lowest BCUT2D eigenvalue weighted by Gasteiger charge is -2.17. The smallest absolute Gasteiger partial charge is 0.193 e. The molecule has 0 bridgehead atoms. The Morgan fingerprint density at radius 1 is 0.556 bits per heavy atom. The number of ketones is 2. The summed E-state index contributed by atoms with van der Waals surface area (Å²) in [7, 11) is 0. The standard InChI is InChI=1S/C19H14O.C13H10Cl2O/c20-19(17-9-5-2-6-10-17)18-13-11-16(12-14-18)15-7-3-1-4-8-15;14-13(15)8-6-11(7-9-13)12(16)10-4-2-1-3-5-10/h1-14H;1-8H,9H2. The van der Waals surface area contributed by atoms with E-state index in [1.165, 1.54) is 0 Å². The monoisotopic (exact) mass is 510 g/mol. The van der Waals surface area contributed by atoms with Gasteiger partial charge in [-0.25, -0.2) is 0 Å². The fourth-order valence-electron chi connectivity index (χ4n) is 3.72. The molecule has 0 aliphatic heterocycles. The Bertz CT molecular complexity index is 1370. The van der Waals surface area contributed by atoms with Crippen LogP contribution in [-0.4, -0.2) is 15.9 Å². The molecule has 0 aromatic heterocycles. The zero-order chi connectivity index (χ0) is 25.4. The van der Waals surface area contributed by atoms with E-state index in [1.54, 1.807) is 30.4 Å². The first kappa shape index (κ1) is 25.4. The summed E-state index contributed by atoms with van der Waals surface area (Å²) >= 11 is 11.8. The third-order valence-corrected chi connectivity index (χ3v) is 6.25. The van der Waals surface area contributed by atoms with Crippen molar-refractivity contribution in [3.63, 3.8) is 0 Å². The first-order valence-electron chi connectivity index (χ1n) is 11.6. The molecule has 0 atom stereocenters. The highest BCUT2D eigenvalue weighted by atomic mass is 35.5. The highest BCUT2D eigenvalue weighted by Gasteiger charge is 2.23. The first-order valence-corrected chi connectivity index (χ1v) is 12.3. The molecule has 0 unspecified atom stereocenters. The Balaban J connectivity index is 0.000000174. The van der Waals surface area contributed by atoms with E-state index >= 15 is 0 Å². The average molecular weight is 511 g/mol. The zero-order valence-electron chi connectivity index (χ0n) is 19.5. The highest BCUT2D eigenvalue weighted by Crippen LogP contribution is 2.32. The number of hydrogen-bond donors (Lipinski definition) is 0. The minimum atomic E-state index is -0.875. The van der Waals surface area contributed by atoms with Gasteiger partial charge in [0.2, 0.25) is 0 Å². The molecule has 4 heteroatoms. The van der Waals surface area contributed by atoms with E-state index in [1.807, 2.05) is 91.0 Å². The Morgan fingerprint density at radius 3 is 1.50 bits per heavy atom. The second-order valence-electron chi connectivity index (χ2n) is 8.29. The molecule has 0 spiro atoms. The van der Waals surface area contributed by atoms with Crippen LogP contribution >= 0.6 is 23.2 Å². The van der Waals surface area contributed by atoms with Gasteiger partial charge >= 0.3 is 0 Å². The number of allylic oxidation sites excluding steroid dienone is 4. The molecule has 0 N–H and O–H groups in total. The fraction of sp³-hybridized carbons (Fsp3) is 0.0625. The van der Waals surface area contributed by atoms with Gasteiger partial charge in [-0.05, 0) is 17.2 Å². The minimum Gasteiger partial charge on any atom is -0.289 e. The van der Waals surface area contributed by atoms with Gasteiger partial charge in [-0.3, -0.25) is 9.59 Å². The number of hydrogen-bond acceptors (Lipinski definition) is 2. The zero-order valence-corrected chi connectivity index (χ0v) is 21.0. The largest absolute Gasteiger partial charge is 0.289 e. The summed E-state index contributed by atoms with van der Waals surface area (Å²) in [6, 6.07) is 36.4. The maximum absolute atomic E-state index is 12.3. The van der Waals surface area contributed by atoms with Crippen LogP contribution in [0.1, 0.15) is 32.7 Å². The molecular formula is C32H24Cl2O2. The van der Waals surface area contributed by atoms with Crippen LogP contribution in [-0.2, 0) is 0 Å². The van der Waals surface area contributed by atoms with Crippen LogP contribution in [0.3, 0.4) is 0 Å². The van der Waals surface area contributed by atoms with Gasteiger partial charge in [0.05, 0.1) is 0 Å². The van der Waals surface area contributed by atoms with Crippen LogP contribution < -0.4 is 0 Å². The lowest BCUT2D eigenvalue weighted by atomic mass is 9.98. The van der Waals surface area contributed by atoms with E-state index in [2.05, 4.69) is 12.1 Å². The van der Waals surface area contributed by atoms with Gasteiger partial charge in [-0.2, -0.15) is 0 Å². The van der Waals surface area contributed by atoms with Crippen LogP contribution in [0.2, 0.25) is 0 Å². The molecule has 1 aliphatic rings. The SMILES string of the molecule is O=C(C1=CCC(Cl)(Cl)C=C1)c1ccccc1.O=C(c1ccccc1)c1ccc(-c2ccccc2)cc1. The van der Waals surface area contributed by atoms with E-state index in [0.29, 0.717) is 17.6 Å². The molecular weight excluding hydrogens is 487 g/mol. The van der Waals surface area contributed by atoms with E-state index in [-0.39, 0.29) is 11.6 Å². The molecule has 4 aromatic carbocycles. The number of benzene rings is 4. The minimum absolute atomic E-state index is 0.000633. The van der Waals surface area contributed by atoms with Crippen molar-refractivity contribution in [1.29, 1.82) is 0 Å². The van der Waals surface area contributed by atoms with Crippen molar-refractivity contribution in [3.05, 3.63) is 156 Å². The molecule has 36 heavy (non-hydrogen) atoms. The molecule has 0 amide bonds. The van der Waals surface area contributed by atoms with Gasteiger partial charge in [-0.15, -0.1) is 0 Å². The second-order valence-corrected chi connectivity index (χ2v) is 9.83. The van der Waals surface area contributed by atoms with E-state index in [0.717, 1.165) is 22.3 Å². The first-order chi connectivity index (χ1) is 17.4. The summed E-state index contributed by atoms with van der Waals surface area (Å²) in [6.07, 6.45) is 5.56. The molecule has 0 fully saturated rings. The number of Topliss-reactive ketones (excluding diaryl/α,β-unsaturated/α-hetero) is 1. The lowest BCUT2D eigenvalue weighted by molar-refractivity contribution is 0.103. The predicted octanol–water partition coefficient (Wildman–Crippen LogP) is 8.51. The van der Waals surface area contributed by atoms with Crippen molar-refractivity contribution in [1.82, 2.24) is 0 Å². The second kappa shape index (κ2) is 11.8. The summed E-state index contributed by atoms with van der Waals surface area (Å²) in [5, 5.41) is 0. The normalized spacial score (nSPS) is 13.7. The van der Waals surface area contributed by atoms with Crippen LogP contribution in [0.15, 0.2) is 139 Å². The molecule has 0 heterocycles. The number of halogens is 2. The predicted molar refractivity (Wildman–Crippen MR) is 149 cm³/mol. The molecule has 4 aromatic rings. The molecule has 178 valence electrons. The van der Waals surface area contributed by atoms with Crippen molar-refractivity contribution >= 4 is 34.8 Å². The van der Waals surface area contributed by atoms with Gasteiger partial charge in [0, 0.05) is 28.7 Å². The van der Waals surface area contributed by atoms with Crippen molar-refractivity contribution < 1.29 is 9.59 Å². The molecule has 2 nitrogen and oxygen atoms in total. The summed E-state index contributed by atoms with van der Waals surface area (Å²) in [4.78, 5) is 24.3. The maximum atomic E-state index is 12.3. The van der Waals surface area contributed by atoms with E-state index in [4.69, 9.17) is 23.2 Å². The highest BCUT2D eigenvalue weighted by molar-refractivity contribution is 6.50. The van der Waals surface area contributed by atoms with Crippen molar-refractivity contribution in [2.24, 2.45) is 0 Å². The van der Waals surface area contributed by atoms with Crippen molar-refractivity contribution in [2.75, 3.05) is 0 Å². The molecule has 5 rings (SSSR count). The third-order valence-electron chi connectivity index (χ3n) is 5.69. The number of alkyl halides is 2. The van der Waals surface area contributed by atoms with Gasteiger partial charge in [0.1, 0.15) is 4.33 Å². The van der Waals surface area contributed by atoms with Crippen molar-refractivity contribution in [2.45, 2.75) is 10.8 Å². The molecule has 0 saturated carbocycles. The molecule has 1 aliphatic carbocycles. The summed E-state index contributed by atoms with van der Waals surface area (Å²) < 4.78 is -0.875. The fourth-order valence-corrected chi connectivity index (χ4v) is 4.00. The average Bonchev–Trinajstić information content (AvgIpc) is 2.94. The maximum Gasteiger partial charge on any atom is 0.193 e. The van der Waals surface area contributed by atoms with Gasteiger partial charge in [-0.1, -0.05) is 151 Å². The topological polar surface area (TPSA) is 34.1 Å². The Kier molecular flexibility index (Phi) is 8.32. The Morgan fingerprint density at radius 2 is 1.00 bits per heavy atom. The van der Waals surface area contributed by atoms with Gasteiger partial charge < -0.3 is 0 Å². The van der Waals surface area contributed by atoms with Crippen molar-refractivity contribution in [3.8, 4) is 11.1 Å². The van der Waals surface area contributed by atoms with E-state index in [9.17, 15) is 9.59 Å². The lowest BCUT2D eigenvalue weighted by Crippen LogP contribution is -2.13. The number of rotatable bonds is 5. The quantitative estimate of drug-likeness (QED) is 0.199. The van der Waals surface area contributed by atoms with Crippen LogP contribution in [0.4, 0.5) is 0 Å². The Hall–Kier alpha value is -3.72. The molecule has 0 radical (unpaired) electrons. The van der Waals surface area contributed by atoms with Gasteiger partial charge in [0.15, 0.2) is 11.6 Å². The summed E-state index contributed by atoms with van der Waals surface area (Å²) in [6.45, 7) is 0. The van der Waals surface area contributed by atoms with E-state index < -0.39 is 4.33 Å². The van der Waals surface area contributed by atoms with Gasteiger partial charge in [0.25, 0.3) is 0 Å². The number of carbonyl (C=O) groups excluding carboxylic acids is 2. The van der Waals surface area contributed by atoms with Crippen LogP contribution in [0.5, 0.6) is 0 Å². The van der Waals surface area contributed by atoms with Crippen LogP contribution in [0.25, 0.3) is 11.1 Å².